The molecular formula is C15H25NO4. The molecule has 0 aliphatic heterocycles. The van der Waals surface area contributed by atoms with E-state index in [0.717, 1.165) is 23.6 Å². The Bertz CT molecular complexity index is 401. The number of methoxy groups -OCH3 is 2. The van der Waals surface area contributed by atoms with Crippen molar-refractivity contribution in [2.24, 2.45) is 0 Å². The zero-order valence-electron chi connectivity index (χ0n) is 12.7. The first-order valence-corrected chi connectivity index (χ1v) is 6.68. The molecular weight excluding hydrogens is 258 g/mol. The van der Waals surface area contributed by atoms with Crippen LogP contribution in [0.4, 0.5) is 0 Å². The molecule has 5 heteroatoms. The van der Waals surface area contributed by atoms with Crippen molar-refractivity contribution in [3.63, 3.8) is 0 Å². The summed E-state index contributed by atoms with van der Waals surface area (Å²) in [4.78, 5) is 0. The van der Waals surface area contributed by atoms with Gasteiger partial charge in [0.15, 0.2) is 0 Å². The zero-order chi connectivity index (χ0) is 15.0. The molecule has 1 aromatic carbocycles. The molecule has 0 aromatic heterocycles. The van der Waals surface area contributed by atoms with Gasteiger partial charge in [0.05, 0.1) is 19.3 Å². The Morgan fingerprint density at radius 2 is 2.00 bits per heavy atom. The number of hydrogen-bond acceptors (Lipinski definition) is 5. The van der Waals surface area contributed by atoms with Crippen LogP contribution in [-0.4, -0.2) is 44.7 Å². The second-order valence-corrected chi connectivity index (χ2v) is 5.24. The molecule has 5 nitrogen and oxygen atoms in total. The first kappa shape index (κ1) is 16.8. The number of nitrogens with one attached hydrogen (secondary N) is 1. The summed E-state index contributed by atoms with van der Waals surface area (Å²) in [5.74, 6) is 1.45. The Labute approximate surface area is 120 Å². The number of aliphatic hydroxyl groups is 1. The summed E-state index contributed by atoms with van der Waals surface area (Å²) >= 11 is 0. The van der Waals surface area contributed by atoms with Crippen molar-refractivity contribution in [2.45, 2.75) is 26.0 Å². The van der Waals surface area contributed by atoms with Crippen molar-refractivity contribution in [1.82, 2.24) is 5.32 Å². The standard InChI is InChI=1S/C15H25NO4/c1-15(2,17)11-20-14-9-13(19-4)6-5-12(14)10-16-7-8-18-3/h5-6,9,16-17H,7-8,10-11H2,1-4H3. The summed E-state index contributed by atoms with van der Waals surface area (Å²) in [5.41, 5.74) is 0.148. The number of ether oxygens (including phenoxy) is 3. The van der Waals surface area contributed by atoms with E-state index in [-0.39, 0.29) is 6.61 Å². The molecule has 0 aliphatic rings. The Morgan fingerprint density at radius 1 is 1.25 bits per heavy atom. The summed E-state index contributed by atoms with van der Waals surface area (Å²) < 4.78 is 15.9. The van der Waals surface area contributed by atoms with E-state index >= 15 is 0 Å². The van der Waals surface area contributed by atoms with Gasteiger partial charge < -0.3 is 24.6 Å². The van der Waals surface area contributed by atoms with Crippen LogP contribution in [0.2, 0.25) is 0 Å². The lowest BCUT2D eigenvalue weighted by molar-refractivity contribution is 0.0280. The third kappa shape index (κ3) is 6.23. The molecule has 0 saturated carbocycles. The van der Waals surface area contributed by atoms with Crippen molar-refractivity contribution >= 4 is 0 Å². The first-order valence-electron chi connectivity index (χ1n) is 6.68. The molecule has 0 saturated heterocycles. The second-order valence-electron chi connectivity index (χ2n) is 5.24. The minimum atomic E-state index is -0.871. The molecule has 0 atom stereocenters. The highest BCUT2D eigenvalue weighted by Crippen LogP contribution is 2.25. The Hall–Kier alpha value is -1.30. The minimum absolute atomic E-state index is 0.227. The molecule has 2 N–H and O–H groups in total. The molecule has 0 fully saturated rings. The topological polar surface area (TPSA) is 60.0 Å². The normalized spacial score (nSPS) is 11.4. The summed E-state index contributed by atoms with van der Waals surface area (Å²) in [6.07, 6.45) is 0. The van der Waals surface area contributed by atoms with Crippen molar-refractivity contribution in [1.29, 1.82) is 0 Å². The van der Waals surface area contributed by atoms with Crippen LogP contribution in [0.5, 0.6) is 11.5 Å². The largest absolute Gasteiger partial charge is 0.497 e. The van der Waals surface area contributed by atoms with Gasteiger partial charge in [0.25, 0.3) is 0 Å². The van der Waals surface area contributed by atoms with Gasteiger partial charge in [-0.25, -0.2) is 0 Å². The molecule has 0 unspecified atom stereocenters. The molecule has 0 amide bonds. The van der Waals surface area contributed by atoms with Crippen molar-refractivity contribution in [3.05, 3.63) is 23.8 Å². The fourth-order valence-corrected chi connectivity index (χ4v) is 1.59. The minimum Gasteiger partial charge on any atom is -0.497 e. The fraction of sp³-hybridized carbons (Fsp3) is 0.600. The maximum Gasteiger partial charge on any atom is 0.127 e. The Morgan fingerprint density at radius 3 is 2.60 bits per heavy atom. The highest BCUT2D eigenvalue weighted by Gasteiger charge is 2.15. The Balaban J connectivity index is 2.70. The van der Waals surface area contributed by atoms with Crippen molar-refractivity contribution in [3.8, 4) is 11.5 Å². The van der Waals surface area contributed by atoms with Gasteiger partial charge in [0, 0.05) is 31.8 Å². The first-order chi connectivity index (χ1) is 9.46. The van der Waals surface area contributed by atoms with E-state index < -0.39 is 5.60 Å². The Kier molecular flexibility index (Phi) is 6.78. The van der Waals surface area contributed by atoms with Crippen LogP contribution in [0.3, 0.4) is 0 Å². The lowest BCUT2D eigenvalue weighted by atomic mass is 10.1. The average Bonchev–Trinajstić information content (AvgIpc) is 2.41. The van der Waals surface area contributed by atoms with Gasteiger partial charge in [-0.3, -0.25) is 0 Å². The second kappa shape index (κ2) is 8.09. The molecule has 0 heterocycles. The average molecular weight is 283 g/mol. The maximum absolute atomic E-state index is 9.75. The van der Waals surface area contributed by atoms with Gasteiger partial charge in [-0.15, -0.1) is 0 Å². The molecule has 0 aliphatic carbocycles. The third-order valence-corrected chi connectivity index (χ3v) is 2.65. The maximum atomic E-state index is 9.75. The van der Waals surface area contributed by atoms with E-state index in [9.17, 15) is 5.11 Å². The molecule has 1 aromatic rings. The molecule has 114 valence electrons. The van der Waals surface area contributed by atoms with Gasteiger partial charge >= 0.3 is 0 Å². The van der Waals surface area contributed by atoms with Gasteiger partial charge in [0.1, 0.15) is 18.1 Å². The van der Waals surface area contributed by atoms with Crippen molar-refractivity contribution in [2.75, 3.05) is 34.0 Å². The number of benzene rings is 1. The quantitative estimate of drug-likeness (QED) is 0.674. The number of rotatable bonds is 9. The summed E-state index contributed by atoms with van der Waals surface area (Å²) in [5, 5.41) is 13.0. The fourth-order valence-electron chi connectivity index (χ4n) is 1.59. The predicted molar refractivity (Wildman–Crippen MR) is 78.4 cm³/mol. The smallest absolute Gasteiger partial charge is 0.127 e. The SMILES string of the molecule is COCCNCc1ccc(OC)cc1OCC(C)(C)O. The van der Waals surface area contributed by atoms with Gasteiger partial charge in [-0.1, -0.05) is 6.07 Å². The van der Waals surface area contributed by atoms with Gasteiger partial charge in [-0.2, -0.15) is 0 Å². The lowest BCUT2D eigenvalue weighted by Gasteiger charge is -2.20. The van der Waals surface area contributed by atoms with Crippen LogP contribution in [0.25, 0.3) is 0 Å². The highest BCUT2D eigenvalue weighted by molar-refractivity contribution is 5.40. The lowest BCUT2D eigenvalue weighted by Crippen LogP contribution is -2.28. The van der Waals surface area contributed by atoms with Gasteiger partial charge in [0.2, 0.25) is 0 Å². The molecule has 1 rings (SSSR count). The van der Waals surface area contributed by atoms with Crippen molar-refractivity contribution < 1.29 is 19.3 Å². The molecule has 0 radical (unpaired) electrons. The summed E-state index contributed by atoms with van der Waals surface area (Å²) in [6, 6.07) is 5.68. The molecule has 0 bridgehead atoms. The van der Waals surface area contributed by atoms with Crippen LogP contribution in [0.15, 0.2) is 18.2 Å². The van der Waals surface area contributed by atoms with E-state index in [1.54, 1.807) is 28.1 Å². The van der Waals surface area contributed by atoms with Crippen LogP contribution in [0.1, 0.15) is 19.4 Å². The van der Waals surface area contributed by atoms with E-state index in [1.807, 2.05) is 18.2 Å². The predicted octanol–water partition coefficient (Wildman–Crippen LogP) is 1.58. The van der Waals surface area contributed by atoms with Crippen LogP contribution < -0.4 is 14.8 Å². The van der Waals surface area contributed by atoms with E-state index in [1.165, 1.54) is 0 Å². The number of hydrogen-bond donors (Lipinski definition) is 2. The van der Waals surface area contributed by atoms with E-state index in [0.29, 0.717) is 13.2 Å². The van der Waals surface area contributed by atoms with Crippen LogP contribution in [0, 0.1) is 0 Å². The van der Waals surface area contributed by atoms with E-state index in [4.69, 9.17) is 14.2 Å². The summed E-state index contributed by atoms with van der Waals surface area (Å²) in [7, 11) is 3.29. The van der Waals surface area contributed by atoms with Crippen LogP contribution in [-0.2, 0) is 11.3 Å². The van der Waals surface area contributed by atoms with Crippen LogP contribution >= 0.6 is 0 Å². The molecule has 20 heavy (non-hydrogen) atoms. The van der Waals surface area contributed by atoms with Gasteiger partial charge in [-0.05, 0) is 19.9 Å². The third-order valence-electron chi connectivity index (χ3n) is 2.65. The highest BCUT2D eigenvalue weighted by atomic mass is 16.5. The zero-order valence-corrected chi connectivity index (χ0v) is 12.7. The van der Waals surface area contributed by atoms with E-state index in [2.05, 4.69) is 5.32 Å². The monoisotopic (exact) mass is 283 g/mol. The summed E-state index contributed by atoms with van der Waals surface area (Å²) in [6.45, 7) is 5.76. The molecule has 0 spiro atoms.